The average Bonchev–Trinajstić information content (AvgIpc) is 2.38. The van der Waals surface area contributed by atoms with Crippen LogP contribution in [0, 0.1) is 5.92 Å². The van der Waals surface area contributed by atoms with Crippen LogP contribution in [0.25, 0.3) is 0 Å². The summed E-state index contributed by atoms with van der Waals surface area (Å²) < 4.78 is 5.05. The molecule has 0 atom stereocenters. The predicted molar refractivity (Wildman–Crippen MR) is 71.9 cm³/mol. The fourth-order valence-electron chi connectivity index (χ4n) is 2.20. The molecule has 1 aliphatic rings. The van der Waals surface area contributed by atoms with Crippen molar-refractivity contribution in [3.63, 3.8) is 0 Å². The largest absolute Gasteiger partial charge is 0.385 e. The minimum atomic E-state index is 0.922. The molecule has 0 aliphatic carbocycles. The second-order valence-corrected chi connectivity index (χ2v) is 4.39. The quantitative estimate of drug-likeness (QED) is 0.646. The number of hydrogen-bond donors (Lipinski definition) is 0. The Morgan fingerprint density at radius 2 is 1.75 bits per heavy atom. The molecule has 0 aromatic rings. The van der Waals surface area contributed by atoms with Crippen LogP contribution in [0.4, 0.5) is 0 Å². The molecule has 0 aromatic heterocycles. The number of piperidine rings is 1. The molecule has 0 radical (unpaired) electrons. The van der Waals surface area contributed by atoms with Crippen LogP contribution < -0.4 is 0 Å². The SMILES string of the molecule is CC.CCC1CCN(CCCCOC)CC1. The van der Waals surface area contributed by atoms with E-state index in [0.717, 1.165) is 12.5 Å². The highest BCUT2D eigenvalue weighted by Crippen LogP contribution is 2.19. The van der Waals surface area contributed by atoms with Crippen LogP contribution in [-0.4, -0.2) is 38.3 Å². The number of methoxy groups -OCH3 is 1. The molecule has 1 fully saturated rings. The van der Waals surface area contributed by atoms with Crippen molar-refractivity contribution in [1.82, 2.24) is 4.90 Å². The minimum Gasteiger partial charge on any atom is -0.385 e. The first kappa shape index (κ1) is 15.9. The zero-order valence-electron chi connectivity index (χ0n) is 11.8. The fraction of sp³-hybridized carbons (Fsp3) is 1.00. The zero-order valence-corrected chi connectivity index (χ0v) is 11.8. The van der Waals surface area contributed by atoms with Gasteiger partial charge in [0, 0.05) is 13.7 Å². The lowest BCUT2D eigenvalue weighted by Crippen LogP contribution is -2.34. The zero-order chi connectivity index (χ0) is 12.2. The summed E-state index contributed by atoms with van der Waals surface area (Å²) in [5.74, 6) is 1.00. The average molecular weight is 229 g/mol. The molecule has 0 amide bonds. The molecule has 0 unspecified atom stereocenters. The van der Waals surface area contributed by atoms with E-state index in [1.807, 2.05) is 13.8 Å². The van der Waals surface area contributed by atoms with Gasteiger partial charge in [0.05, 0.1) is 0 Å². The lowest BCUT2D eigenvalue weighted by Gasteiger charge is -2.31. The van der Waals surface area contributed by atoms with E-state index in [-0.39, 0.29) is 0 Å². The standard InChI is InChI=1S/C12H25NO.C2H6/c1-3-12-6-9-13(10-7-12)8-4-5-11-14-2;1-2/h12H,3-11H2,1-2H3;1-2H3. The predicted octanol–water partition coefficient (Wildman–Crippen LogP) is 3.56. The number of rotatable bonds is 6. The number of nitrogens with zero attached hydrogens (tertiary/aromatic N) is 1. The third kappa shape index (κ3) is 7.24. The molecule has 0 aromatic carbocycles. The second kappa shape index (κ2) is 11.4. The number of likely N-dealkylation sites (tertiary alicyclic amines) is 1. The number of unbranched alkanes of at least 4 members (excludes halogenated alkanes) is 1. The second-order valence-electron chi connectivity index (χ2n) is 4.39. The van der Waals surface area contributed by atoms with Crippen LogP contribution in [0.1, 0.15) is 52.9 Å². The van der Waals surface area contributed by atoms with Crippen molar-refractivity contribution >= 4 is 0 Å². The Morgan fingerprint density at radius 1 is 1.12 bits per heavy atom. The summed E-state index contributed by atoms with van der Waals surface area (Å²) in [6, 6.07) is 0. The summed E-state index contributed by atoms with van der Waals surface area (Å²) in [5, 5.41) is 0. The molecule has 98 valence electrons. The lowest BCUT2D eigenvalue weighted by atomic mass is 9.94. The lowest BCUT2D eigenvalue weighted by molar-refractivity contribution is 0.161. The fourth-order valence-corrected chi connectivity index (χ4v) is 2.20. The van der Waals surface area contributed by atoms with E-state index >= 15 is 0 Å². The Kier molecular flexibility index (Phi) is 11.3. The molecule has 0 saturated carbocycles. The maximum atomic E-state index is 5.05. The Labute approximate surface area is 102 Å². The third-order valence-corrected chi connectivity index (χ3v) is 3.36. The summed E-state index contributed by atoms with van der Waals surface area (Å²) in [6.07, 6.45) is 6.72. The van der Waals surface area contributed by atoms with E-state index in [9.17, 15) is 0 Å². The first-order valence-electron chi connectivity index (χ1n) is 7.08. The van der Waals surface area contributed by atoms with Crippen molar-refractivity contribution in [2.75, 3.05) is 33.4 Å². The van der Waals surface area contributed by atoms with E-state index < -0.39 is 0 Å². The summed E-state index contributed by atoms with van der Waals surface area (Å²) in [7, 11) is 1.78. The summed E-state index contributed by atoms with van der Waals surface area (Å²) in [5.41, 5.74) is 0. The molecule has 1 heterocycles. The number of hydrogen-bond acceptors (Lipinski definition) is 2. The van der Waals surface area contributed by atoms with Gasteiger partial charge in [0.1, 0.15) is 0 Å². The van der Waals surface area contributed by atoms with E-state index in [1.54, 1.807) is 7.11 Å². The van der Waals surface area contributed by atoms with Crippen LogP contribution in [0.5, 0.6) is 0 Å². The van der Waals surface area contributed by atoms with Gasteiger partial charge in [-0.3, -0.25) is 0 Å². The van der Waals surface area contributed by atoms with E-state index in [4.69, 9.17) is 4.74 Å². The highest BCUT2D eigenvalue weighted by atomic mass is 16.5. The van der Waals surface area contributed by atoms with Gasteiger partial charge in [-0.1, -0.05) is 27.2 Å². The Morgan fingerprint density at radius 3 is 2.25 bits per heavy atom. The van der Waals surface area contributed by atoms with Gasteiger partial charge in [-0.15, -0.1) is 0 Å². The van der Waals surface area contributed by atoms with E-state index in [0.29, 0.717) is 0 Å². The molecular weight excluding hydrogens is 198 g/mol. The molecule has 0 bridgehead atoms. The Hall–Kier alpha value is -0.0800. The third-order valence-electron chi connectivity index (χ3n) is 3.36. The smallest absolute Gasteiger partial charge is 0.0462 e. The molecule has 0 N–H and O–H groups in total. The van der Waals surface area contributed by atoms with Crippen LogP contribution in [-0.2, 0) is 4.74 Å². The monoisotopic (exact) mass is 229 g/mol. The molecule has 16 heavy (non-hydrogen) atoms. The van der Waals surface area contributed by atoms with Crippen LogP contribution in [0.15, 0.2) is 0 Å². The number of ether oxygens (including phenoxy) is 1. The molecule has 1 rings (SSSR count). The molecular formula is C14H31NO. The first-order chi connectivity index (χ1) is 7.86. The first-order valence-corrected chi connectivity index (χ1v) is 7.08. The van der Waals surface area contributed by atoms with E-state index in [2.05, 4.69) is 11.8 Å². The topological polar surface area (TPSA) is 12.5 Å². The van der Waals surface area contributed by atoms with Gasteiger partial charge in [-0.25, -0.2) is 0 Å². The van der Waals surface area contributed by atoms with Gasteiger partial charge < -0.3 is 9.64 Å². The summed E-state index contributed by atoms with van der Waals surface area (Å²) >= 11 is 0. The van der Waals surface area contributed by atoms with Gasteiger partial charge >= 0.3 is 0 Å². The summed E-state index contributed by atoms with van der Waals surface area (Å²) in [6.45, 7) is 11.2. The molecule has 1 aliphatic heterocycles. The van der Waals surface area contributed by atoms with Gasteiger partial charge in [-0.2, -0.15) is 0 Å². The maximum absolute atomic E-state index is 5.05. The van der Waals surface area contributed by atoms with Gasteiger partial charge in [-0.05, 0) is 51.2 Å². The van der Waals surface area contributed by atoms with Gasteiger partial charge in [0.15, 0.2) is 0 Å². The molecule has 2 heteroatoms. The van der Waals surface area contributed by atoms with Crippen molar-refractivity contribution in [3.8, 4) is 0 Å². The van der Waals surface area contributed by atoms with Crippen molar-refractivity contribution in [2.45, 2.75) is 52.9 Å². The van der Waals surface area contributed by atoms with Crippen molar-refractivity contribution in [3.05, 3.63) is 0 Å². The Bertz CT molecular complexity index is 131. The molecule has 1 saturated heterocycles. The normalized spacial score (nSPS) is 18.0. The van der Waals surface area contributed by atoms with Crippen LogP contribution >= 0.6 is 0 Å². The highest BCUT2D eigenvalue weighted by Gasteiger charge is 2.16. The van der Waals surface area contributed by atoms with Gasteiger partial charge in [0.25, 0.3) is 0 Å². The molecule has 2 nitrogen and oxygen atoms in total. The molecule has 0 spiro atoms. The van der Waals surface area contributed by atoms with E-state index in [1.165, 1.54) is 51.7 Å². The van der Waals surface area contributed by atoms with Crippen molar-refractivity contribution in [2.24, 2.45) is 5.92 Å². The van der Waals surface area contributed by atoms with Crippen LogP contribution in [0.3, 0.4) is 0 Å². The van der Waals surface area contributed by atoms with Crippen molar-refractivity contribution in [1.29, 1.82) is 0 Å². The Balaban J connectivity index is 0.00000106. The van der Waals surface area contributed by atoms with Gasteiger partial charge in [0.2, 0.25) is 0 Å². The highest BCUT2D eigenvalue weighted by molar-refractivity contribution is 4.70. The maximum Gasteiger partial charge on any atom is 0.0462 e. The van der Waals surface area contributed by atoms with Crippen molar-refractivity contribution < 1.29 is 4.74 Å². The van der Waals surface area contributed by atoms with Crippen LogP contribution in [0.2, 0.25) is 0 Å². The summed E-state index contributed by atoms with van der Waals surface area (Å²) in [4.78, 5) is 2.61. The minimum absolute atomic E-state index is 0.922.